The maximum absolute atomic E-state index is 11.0. The third kappa shape index (κ3) is 20.5. The van der Waals surface area contributed by atoms with E-state index in [-0.39, 0.29) is 26.4 Å². The second-order valence-electron chi connectivity index (χ2n) is 10.5. The van der Waals surface area contributed by atoms with Gasteiger partial charge in [0.15, 0.2) is 16.6 Å². The Bertz CT molecular complexity index is 644. The molecule has 0 aliphatic carbocycles. The fourth-order valence-electron chi connectivity index (χ4n) is 3.66. The minimum atomic E-state index is -2.35. The number of esters is 2. The highest BCUT2D eigenvalue weighted by molar-refractivity contribution is 6.87. The van der Waals surface area contributed by atoms with E-state index in [9.17, 15) is 19.8 Å². The minimum absolute atomic E-state index is 0.0991. The molecule has 216 valence electrons. The zero-order chi connectivity index (χ0) is 28.5. The van der Waals surface area contributed by atoms with Crippen molar-refractivity contribution in [1.82, 2.24) is 0 Å². The lowest BCUT2D eigenvalue weighted by atomic mass is 10.4. The number of aliphatic hydroxyl groups excluding tert-OH is 2. The predicted molar refractivity (Wildman–Crippen MR) is 149 cm³/mol. The van der Waals surface area contributed by atoms with Crippen molar-refractivity contribution < 1.29 is 47.0 Å². The maximum atomic E-state index is 11.0. The van der Waals surface area contributed by atoms with Crippen molar-refractivity contribution in [1.29, 1.82) is 0 Å². The van der Waals surface area contributed by atoms with Gasteiger partial charge in [0.1, 0.15) is 25.4 Å². The summed E-state index contributed by atoms with van der Waals surface area (Å²) in [6.45, 7) is 20.4. The third-order valence-corrected chi connectivity index (χ3v) is 16.4. The molecule has 0 rings (SSSR count). The summed E-state index contributed by atoms with van der Waals surface area (Å²) in [5.41, 5.74) is 0. The Morgan fingerprint density at radius 1 is 0.703 bits per heavy atom. The molecule has 0 fully saturated rings. The molecule has 2 atom stereocenters. The summed E-state index contributed by atoms with van der Waals surface area (Å²) in [5, 5.41) is 19.6. The van der Waals surface area contributed by atoms with Crippen LogP contribution < -0.4 is 0 Å². The van der Waals surface area contributed by atoms with Gasteiger partial charge in [-0.05, 0) is 64.2 Å². The lowest BCUT2D eigenvalue weighted by Crippen LogP contribution is -2.52. The van der Waals surface area contributed by atoms with E-state index in [1.165, 1.54) is 0 Å². The van der Waals surface area contributed by atoms with Gasteiger partial charge in [-0.2, -0.15) is 0 Å². The number of carbonyl (C=O) groups excluding carboxylic acids is 2. The Balaban J connectivity index is 4.22. The van der Waals surface area contributed by atoms with Gasteiger partial charge in [-0.1, -0.05) is 13.2 Å². The van der Waals surface area contributed by atoms with Gasteiger partial charge < -0.3 is 37.4 Å². The highest BCUT2D eigenvalue weighted by Gasteiger charge is 2.39. The van der Waals surface area contributed by atoms with Crippen LogP contribution in [0.1, 0.15) is 12.8 Å². The summed E-state index contributed by atoms with van der Waals surface area (Å²) < 4.78 is 33.8. The highest BCUT2D eigenvalue weighted by Crippen LogP contribution is 2.26. The number of hydrogen-bond acceptors (Lipinski definition) is 10. The van der Waals surface area contributed by atoms with Crippen LogP contribution in [0.5, 0.6) is 0 Å². The third-order valence-electron chi connectivity index (χ3n) is 4.97. The van der Waals surface area contributed by atoms with Crippen molar-refractivity contribution in [2.45, 2.75) is 76.4 Å². The standard InChI is InChI=1S/C24H48O10Si3/c1-9-23(27)31-19-21(25)17-29-13-11-15-35(3,4)33-37(7,8)34-36(5,6)16-12-14-30-18-22(26)20-32-24(28)10-2/h9-10,21-22,25-26H,1-2,11-20H2,3-8H3. The van der Waals surface area contributed by atoms with Gasteiger partial charge in [-0.25, -0.2) is 9.59 Å². The van der Waals surface area contributed by atoms with E-state index >= 15 is 0 Å². The molecule has 0 radical (unpaired) electrons. The average molecular weight is 581 g/mol. The molecule has 0 heterocycles. The normalized spacial score (nSPS) is 14.1. The first kappa shape index (κ1) is 35.8. The van der Waals surface area contributed by atoms with E-state index < -0.39 is 49.3 Å². The van der Waals surface area contributed by atoms with Gasteiger partial charge in [0, 0.05) is 25.4 Å². The summed E-state index contributed by atoms with van der Waals surface area (Å²) in [4.78, 5) is 22.0. The largest absolute Gasteiger partial charge is 0.460 e. The molecule has 37 heavy (non-hydrogen) atoms. The van der Waals surface area contributed by atoms with Crippen LogP contribution in [0.25, 0.3) is 0 Å². The van der Waals surface area contributed by atoms with E-state index in [1.54, 1.807) is 0 Å². The van der Waals surface area contributed by atoms with E-state index in [0.717, 1.165) is 37.1 Å². The first-order chi connectivity index (χ1) is 17.1. The van der Waals surface area contributed by atoms with Gasteiger partial charge in [0.05, 0.1) is 13.2 Å². The molecule has 0 aromatic rings. The molecule has 10 nitrogen and oxygen atoms in total. The van der Waals surface area contributed by atoms with Crippen LogP contribution >= 0.6 is 0 Å². The van der Waals surface area contributed by atoms with Crippen LogP contribution in [-0.4, -0.2) is 99.2 Å². The summed E-state index contributed by atoms with van der Waals surface area (Å²) in [7, 11) is -6.32. The molecule has 0 spiro atoms. The Morgan fingerprint density at radius 3 is 1.38 bits per heavy atom. The van der Waals surface area contributed by atoms with E-state index in [1.807, 2.05) is 0 Å². The van der Waals surface area contributed by atoms with E-state index in [4.69, 9.17) is 27.2 Å². The lowest BCUT2D eigenvalue weighted by Gasteiger charge is -2.38. The molecule has 0 aromatic carbocycles. The van der Waals surface area contributed by atoms with Crippen LogP contribution in [0.3, 0.4) is 0 Å². The molecule has 0 amide bonds. The van der Waals surface area contributed by atoms with Crippen molar-refractivity contribution in [2.24, 2.45) is 0 Å². The Kier molecular flexibility index (Phi) is 17.6. The summed E-state index contributed by atoms with van der Waals surface area (Å²) in [5.74, 6) is -1.14. The fraction of sp³-hybridized carbons (Fsp3) is 0.750. The number of ether oxygens (including phenoxy) is 4. The van der Waals surface area contributed by atoms with Crippen molar-refractivity contribution in [2.75, 3.05) is 39.6 Å². The van der Waals surface area contributed by atoms with E-state index in [0.29, 0.717) is 13.2 Å². The number of carbonyl (C=O) groups is 2. The molecule has 13 heteroatoms. The van der Waals surface area contributed by atoms with Crippen LogP contribution in [0, 0.1) is 0 Å². The van der Waals surface area contributed by atoms with Crippen LogP contribution in [0.4, 0.5) is 0 Å². The SMILES string of the molecule is C=CC(=O)OCC(O)COCCC[Si](C)(C)O[Si](C)(C)O[Si](C)(C)CCCOCC(O)COC(=O)C=C. The van der Waals surface area contributed by atoms with Gasteiger partial charge in [0.25, 0.3) is 0 Å². The zero-order valence-corrected chi connectivity index (χ0v) is 26.5. The Labute approximate surface area is 225 Å². The van der Waals surface area contributed by atoms with Crippen LogP contribution in [0.2, 0.25) is 51.4 Å². The Morgan fingerprint density at radius 2 is 1.05 bits per heavy atom. The fourth-order valence-corrected chi connectivity index (χ4v) is 17.7. The van der Waals surface area contributed by atoms with Crippen molar-refractivity contribution in [3.05, 3.63) is 25.3 Å². The van der Waals surface area contributed by atoms with Gasteiger partial charge in [-0.15, -0.1) is 0 Å². The Hall–Kier alpha value is -1.17. The van der Waals surface area contributed by atoms with Crippen LogP contribution in [-0.2, 0) is 36.8 Å². The molecule has 0 aliphatic heterocycles. The second kappa shape index (κ2) is 18.2. The first-order valence-corrected chi connectivity index (χ1v) is 21.7. The summed E-state index contributed by atoms with van der Waals surface area (Å²) in [6, 6.07) is 1.79. The molecular formula is C24H48O10Si3. The van der Waals surface area contributed by atoms with Crippen molar-refractivity contribution >= 4 is 37.1 Å². The minimum Gasteiger partial charge on any atom is -0.460 e. The number of aliphatic hydroxyl groups is 2. The summed E-state index contributed by atoms with van der Waals surface area (Å²) >= 11 is 0. The van der Waals surface area contributed by atoms with Gasteiger partial charge in [0.2, 0.25) is 0 Å². The lowest BCUT2D eigenvalue weighted by molar-refractivity contribution is -0.142. The topological polar surface area (TPSA) is 130 Å². The molecule has 0 aromatic heterocycles. The maximum Gasteiger partial charge on any atom is 0.330 e. The quantitative estimate of drug-likeness (QED) is 0.0852. The highest BCUT2D eigenvalue weighted by atomic mass is 28.5. The smallest absolute Gasteiger partial charge is 0.330 e. The molecule has 0 saturated heterocycles. The second-order valence-corrected chi connectivity index (χ2v) is 22.9. The monoisotopic (exact) mass is 580 g/mol. The zero-order valence-electron chi connectivity index (χ0n) is 23.5. The molecule has 0 aliphatic rings. The molecular weight excluding hydrogens is 533 g/mol. The molecule has 2 unspecified atom stereocenters. The van der Waals surface area contributed by atoms with Crippen molar-refractivity contribution in [3.63, 3.8) is 0 Å². The van der Waals surface area contributed by atoms with E-state index in [2.05, 4.69) is 52.4 Å². The predicted octanol–water partition coefficient (Wildman–Crippen LogP) is 3.13. The number of rotatable bonds is 22. The van der Waals surface area contributed by atoms with Crippen LogP contribution in [0.15, 0.2) is 25.3 Å². The molecule has 0 bridgehead atoms. The summed E-state index contributed by atoms with van der Waals surface area (Å²) in [6.07, 6.45) is 1.98. The first-order valence-electron chi connectivity index (χ1n) is 12.6. The van der Waals surface area contributed by atoms with Gasteiger partial charge >= 0.3 is 20.5 Å². The molecule has 2 N–H and O–H groups in total. The molecule has 0 saturated carbocycles. The average Bonchev–Trinajstić information content (AvgIpc) is 2.78. The number of hydrogen-bond donors (Lipinski definition) is 2. The van der Waals surface area contributed by atoms with Crippen molar-refractivity contribution in [3.8, 4) is 0 Å². The van der Waals surface area contributed by atoms with Gasteiger partial charge in [-0.3, -0.25) is 0 Å².